The number of benzene rings is 1. The van der Waals surface area contributed by atoms with Gasteiger partial charge in [-0.3, -0.25) is 0 Å². The van der Waals surface area contributed by atoms with Gasteiger partial charge in [-0.15, -0.1) is 0 Å². The third-order valence-corrected chi connectivity index (χ3v) is 3.86. The van der Waals surface area contributed by atoms with E-state index >= 15 is 0 Å². The Bertz CT molecular complexity index is 415. The predicted octanol–water partition coefficient (Wildman–Crippen LogP) is 2.71. The fraction of sp³-hybridized carbons (Fsp3) is 0.600. The molecule has 0 radical (unpaired) electrons. The number of ether oxygens (including phenoxy) is 1. The van der Waals surface area contributed by atoms with Gasteiger partial charge in [0.1, 0.15) is 5.82 Å². The Morgan fingerprint density at radius 2 is 2.11 bits per heavy atom. The zero-order chi connectivity index (χ0) is 13.8. The van der Waals surface area contributed by atoms with E-state index in [1.54, 1.807) is 13.2 Å². The van der Waals surface area contributed by atoms with Gasteiger partial charge < -0.3 is 15.4 Å². The Labute approximate surface area is 114 Å². The number of hydrogen-bond donors (Lipinski definition) is 1. The maximum atomic E-state index is 14.1. The molecule has 1 aromatic carbocycles. The lowest BCUT2D eigenvalue weighted by Gasteiger charge is -2.33. The van der Waals surface area contributed by atoms with Crippen molar-refractivity contribution < 1.29 is 9.13 Å². The average molecular weight is 266 g/mol. The fourth-order valence-corrected chi connectivity index (χ4v) is 2.64. The molecule has 0 bridgehead atoms. The third kappa shape index (κ3) is 3.45. The van der Waals surface area contributed by atoms with Crippen molar-refractivity contribution in [2.24, 2.45) is 11.7 Å². The number of rotatable bonds is 4. The fourth-order valence-electron chi connectivity index (χ4n) is 2.64. The van der Waals surface area contributed by atoms with E-state index in [1.807, 2.05) is 19.1 Å². The van der Waals surface area contributed by atoms with Crippen molar-refractivity contribution in [3.05, 3.63) is 29.6 Å². The maximum absolute atomic E-state index is 14.1. The maximum Gasteiger partial charge on any atom is 0.146 e. The highest BCUT2D eigenvalue weighted by Gasteiger charge is 2.21. The molecule has 1 atom stereocenters. The van der Waals surface area contributed by atoms with Gasteiger partial charge in [0, 0.05) is 32.8 Å². The number of piperidine rings is 1. The summed E-state index contributed by atoms with van der Waals surface area (Å²) in [4.78, 5) is 2.12. The molecule has 19 heavy (non-hydrogen) atoms. The molecule has 0 aliphatic carbocycles. The largest absolute Gasteiger partial charge is 0.384 e. The highest BCUT2D eigenvalue weighted by molar-refractivity contribution is 5.49. The molecule has 1 aromatic rings. The van der Waals surface area contributed by atoms with Gasteiger partial charge in [-0.25, -0.2) is 4.39 Å². The Morgan fingerprint density at radius 1 is 1.42 bits per heavy atom. The number of methoxy groups -OCH3 is 1. The van der Waals surface area contributed by atoms with Gasteiger partial charge in [0.25, 0.3) is 0 Å². The molecule has 106 valence electrons. The van der Waals surface area contributed by atoms with Crippen LogP contribution in [0.2, 0.25) is 0 Å². The van der Waals surface area contributed by atoms with Gasteiger partial charge in [-0.2, -0.15) is 0 Å². The predicted molar refractivity (Wildman–Crippen MR) is 75.8 cm³/mol. The van der Waals surface area contributed by atoms with E-state index in [0.29, 0.717) is 11.6 Å². The summed E-state index contributed by atoms with van der Waals surface area (Å²) in [5.41, 5.74) is 7.31. The van der Waals surface area contributed by atoms with Crippen LogP contribution in [0, 0.1) is 11.7 Å². The molecule has 2 N–H and O–H groups in total. The summed E-state index contributed by atoms with van der Waals surface area (Å²) in [6, 6.07) is 5.20. The Balaban J connectivity index is 2.03. The minimum atomic E-state index is -0.167. The van der Waals surface area contributed by atoms with Crippen molar-refractivity contribution in [2.45, 2.75) is 25.8 Å². The summed E-state index contributed by atoms with van der Waals surface area (Å²) in [5.74, 6) is 0.438. The number of nitrogens with zero attached hydrogens (tertiary/aromatic N) is 1. The van der Waals surface area contributed by atoms with Gasteiger partial charge in [-0.05, 0) is 43.4 Å². The molecule has 2 rings (SSSR count). The first-order valence-electron chi connectivity index (χ1n) is 6.90. The van der Waals surface area contributed by atoms with Gasteiger partial charge in [0.15, 0.2) is 0 Å². The Morgan fingerprint density at radius 3 is 2.63 bits per heavy atom. The first-order valence-corrected chi connectivity index (χ1v) is 6.90. The van der Waals surface area contributed by atoms with Crippen molar-refractivity contribution in [3.8, 4) is 0 Å². The summed E-state index contributed by atoms with van der Waals surface area (Å²) in [6.45, 7) is 4.45. The Kier molecular flexibility index (Phi) is 4.77. The minimum absolute atomic E-state index is 0.129. The zero-order valence-electron chi connectivity index (χ0n) is 11.7. The van der Waals surface area contributed by atoms with E-state index in [9.17, 15) is 4.39 Å². The normalized spacial score (nSPS) is 18.6. The molecule has 0 unspecified atom stereocenters. The molecule has 0 aromatic heterocycles. The molecule has 1 aliphatic rings. The molecule has 1 aliphatic heterocycles. The summed E-state index contributed by atoms with van der Waals surface area (Å²) < 4.78 is 19.3. The van der Waals surface area contributed by atoms with Crippen LogP contribution in [0.1, 0.15) is 31.4 Å². The summed E-state index contributed by atoms with van der Waals surface area (Å²) in [7, 11) is 1.73. The highest BCUT2D eigenvalue weighted by atomic mass is 19.1. The summed E-state index contributed by atoms with van der Waals surface area (Å²) in [5, 5.41) is 0. The SMILES string of the molecule is COCC1CCN(c2ccc([C@@H](C)N)cc2F)CC1. The van der Waals surface area contributed by atoms with Gasteiger partial charge in [-0.1, -0.05) is 6.07 Å². The second-order valence-electron chi connectivity index (χ2n) is 5.39. The molecule has 0 amide bonds. The molecular formula is C15H23FN2O. The van der Waals surface area contributed by atoms with Crippen LogP contribution in [0.5, 0.6) is 0 Å². The van der Waals surface area contributed by atoms with E-state index < -0.39 is 0 Å². The second-order valence-corrected chi connectivity index (χ2v) is 5.39. The standard InChI is InChI=1S/C15H23FN2O/c1-11(17)13-3-4-15(14(16)9-13)18-7-5-12(6-8-18)10-19-2/h3-4,9,11-12H,5-8,10,17H2,1-2H3/t11-/m1/s1. The molecule has 1 heterocycles. The Hall–Kier alpha value is -1.13. The number of halogens is 1. The van der Waals surface area contributed by atoms with E-state index in [0.717, 1.165) is 38.1 Å². The second kappa shape index (κ2) is 6.35. The number of hydrogen-bond acceptors (Lipinski definition) is 3. The molecule has 3 nitrogen and oxygen atoms in total. The zero-order valence-corrected chi connectivity index (χ0v) is 11.7. The van der Waals surface area contributed by atoms with E-state index in [4.69, 9.17) is 10.5 Å². The minimum Gasteiger partial charge on any atom is -0.384 e. The molecule has 4 heteroatoms. The van der Waals surface area contributed by atoms with Crippen LogP contribution < -0.4 is 10.6 Å². The summed E-state index contributed by atoms with van der Waals surface area (Å²) >= 11 is 0. The van der Waals surface area contributed by atoms with Crippen molar-refractivity contribution in [3.63, 3.8) is 0 Å². The van der Waals surface area contributed by atoms with Crippen LogP contribution >= 0.6 is 0 Å². The van der Waals surface area contributed by atoms with Crippen molar-refractivity contribution in [1.82, 2.24) is 0 Å². The summed E-state index contributed by atoms with van der Waals surface area (Å²) in [6.07, 6.45) is 2.12. The van der Waals surface area contributed by atoms with Crippen LogP contribution in [0.3, 0.4) is 0 Å². The molecular weight excluding hydrogens is 243 g/mol. The third-order valence-electron chi connectivity index (χ3n) is 3.86. The quantitative estimate of drug-likeness (QED) is 0.910. The molecule has 1 saturated heterocycles. The van der Waals surface area contributed by atoms with E-state index in [1.165, 1.54) is 0 Å². The van der Waals surface area contributed by atoms with Crippen LogP contribution in [0.25, 0.3) is 0 Å². The number of anilines is 1. The van der Waals surface area contributed by atoms with Gasteiger partial charge in [0.05, 0.1) is 5.69 Å². The van der Waals surface area contributed by atoms with Crippen LogP contribution in [0.4, 0.5) is 10.1 Å². The number of nitrogens with two attached hydrogens (primary N) is 1. The van der Waals surface area contributed by atoms with E-state index in [2.05, 4.69) is 4.90 Å². The van der Waals surface area contributed by atoms with Crippen LogP contribution in [0.15, 0.2) is 18.2 Å². The van der Waals surface area contributed by atoms with Crippen molar-refractivity contribution >= 4 is 5.69 Å². The lowest BCUT2D eigenvalue weighted by atomic mass is 9.97. The first-order chi connectivity index (χ1) is 9.11. The van der Waals surface area contributed by atoms with Crippen LogP contribution in [-0.2, 0) is 4.74 Å². The first kappa shape index (κ1) is 14.3. The average Bonchev–Trinajstić information content (AvgIpc) is 2.40. The van der Waals surface area contributed by atoms with Crippen LogP contribution in [-0.4, -0.2) is 26.8 Å². The van der Waals surface area contributed by atoms with Gasteiger partial charge >= 0.3 is 0 Å². The smallest absolute Gasteiger partial charge is 0.146 e. The van der Waals surface area contributed by atoms with Crippen molar-refractivity contribution in [1.29, 1.82) is 0 Å². The van der Waals surface area contributed by atoms with Gasteiger partial charge in [0.2, 0.25) is 0 Å². The van der Waals surface area contributed by atoms with E-state index in [-0.39, 0.29) is 11.9 Å². The lowest BCUT2D eigenvalue weighted by Crippen LogP contribution is -2.35. The lowest BCUT2D eigenvalue weighted by molar-refractivity contribution is 0.139. The molecule has 1 fully saturated rings. The molecule has 0 spiro atoms. The molecule has 0 saturated carbocycles. The highest BCUT2D eigenvalue weighted by Crippen LogP contribution is 2.27. The topological polar surface area (TPSA) is 38.5 Å². The monoisotopic (exact) mass is 266 g/mol. The van der Waals surface area contributed by atoms with Crippen molar-refractivity contribution in [2.75, 3.05) is 31.7 Å².